The fourth-order valence-electron chi connectivity index (χ4n) is 3.07. The lowest BCUT2D eigenvalue weighted by Crippen LogP contribution is -2.22. The van der Waals surface area contributed by atoms with Crippen molar-refractivity contribution in [3.8, 4) is 0 Å². The van der Waals surface area contributed by atoms with Crippen LogP contribution in [0.4, 0.5) is 0 Å². The first-order chi connectivity index (χ1) is 12.1. The number of ketones is 3. The van der Waals surface area contributed by atoms with Gasteiger partial charge >= 0.3 is 0 Å². The van der Waals surface area contributed by atoms with Gasteiger partial charge in [0.05, 0.1) is 10.6 Å². The Morgan fingerprint density at radius 2 is 1.28 bits per heavy atom. The molecule has 0 spiro atoms. The third-order valence-electron chi connectivity index (χ3n) is 4.31. The van der Waals surface area contributed by atoms with Crippen molar-refractivity contribution in [1.82, 2.24) is 0 Å². The average Bonchev–Trinajstić information content (AvgIpc) is 2.66. The van der Waals surface area contributed by atoms with Gasteiger partial charge in [-0.3, -0.25) is 14.4 Å². The molecule has 0 bridgehead atoms. The summed E-state index contributed by atoms with van der Waals surface area (Å²) in [5.41, 5.74) is 1.70. The molecule has 25 heavy (non-hydrogen) atoms. The van der Waals surface area contributed by atoms with Crippen LogP contribution >= 0.6 is 11.6 Å². The summed E-state index contributed by atoms with van der Waals surface area (Å²) in [5, 5.41) is 0.0270. The van der Waals surface area contributed by atoms with Gasteiger partial charge in [0.25, 0.3) is 0 Å². The van der Waals surface area contributed by atoms with Crippen molar-refractivity contribution in [3.05, 3.63) is 105 Å². The molecule has 0 N–H and O–H groups in total. The standard InChI is InChI=1S/C21H11ClO3/c22-18-16(19(23)12-6-2-1-3-7-12)11-10-15-17(18)21(25)14-9-5-4-8-13(14)20(15)24/h1-11H. The normalized spacial score (nSPS) is 12.5. The molecule has 3 aromatic carbocycles. The second kappa shape index (κ2) is 5.80. The smallest absolute Gasteiger partial charge is 0.196 e. The molecule has 0 amide bonds. The van der Waals surface area contributed by atoms with Crippen LogP contribution in [-0.2, 0) is 0 Å². The number of fused-ring (bicyclic) bond motifs is 2. The molecule has 0 fully saturated rings. The summed E-state index contributed by atoms with van der Waals surface area (Å²) in [6.07, 6.45) is 0. The molecule has 0 radical (unpaired) electrons. The fraction of sp³-hybridized carbons (Fsp3) is 0. The van der Waals surface area contributed by atoms with Crippen LogP contribution in [-0.4, -0.2) is 17.3 Å². The topological polar surface area (TPSA) is 51.2 Å². The Labute approximate surface area is 148 Å². The molecule has 0 heterocycles. The first kappa shape index (κ1) is 15.5. The van der Waals surface area contributed by atoms with Gasteiger partial charge < -0.3 is 0 Å². The van der Waals surface area contributed by atoms with Crippen LogP contribution in [0, 0.1) is 0 Å². The molecule has 0 aromatic heterocycles. The molecule has 0 aliphatic heterocycles. The van der Waals surface area contributed by atoms with E-state index in [1.54, 1.807) is 48.5 Å². The highest BCUT2D eigenvalue weighted by molar-refractivity contribution is 6.42. The van der Waals surface area contributed by atoms with E-state index < -0.39 is 0 Å². The van der Waals surface area contributed by atoms with Crippen LogP contribution in [0.25, 0.3) is 0 Å². The number of carbonyl (C=O) groups is 3. The molecule has 1 aliphatic carbocycles. The number of rotatable bonds is 2. The highest BCUT2D eigenvalue weighted by Gasteiger charge is 2.33. The molecule has 1 aliphatic rings. The van der Waals surface area contributed by atoms with E-state index in [1.807, 2.05) is 6.07 Å². The molecule has 3 aromatic rings. The molecule has 0 saturated heterocycles. The van der Waals surface area contributed by atoms with E-state index in [2.05, 4.69) is 0 Å². The van der Waals surface area contributed by atoms with Crippen LogP contribution in [0.5, 0.6) is 0 Å². The molecule has 4 heteroatoms. The Hall–Kier alpha value is -3.04. The highest BCUT2D eigenvalue weighted by atomic mass is 35.5. The Bertz CT molecular complexity index is 1050. The molecule has 0 unspecified atom stereocenters. The Morgan fingerprint density at radius 3 is 1.96 bits per heavy atom. The minimum atomic E-state index is -0.335. The summed E-state index contributed by atoms with van der Waals surface area (Å²) in [6, 6.07) is 18.3. The number of benzene rings is 3. The molecule has 0 saturated carbocycles. The molecule has 120 valence electrons. The Morgan fingerprint density at radius 1 is 0.680 bits per heavy atom. The zero-order chi connectivity index (χ0) is 17.6. The molecular weight excluding hydrogens is 336 g/mol. The van der Waals surface area contributed by atoms with E-state index in [-0.39, 0.29) is 39.1 Å². The number of hydrogen-bond acceptors (Lipinski definition) is 3. The van der Waals surface area contributed by atoms with Gasteiger partial charge in [-0.05, 0) is 12.1 Å². The van der Waals surface area contributed by atoms with Crippen molar-refractivity contribution in [2.75, 3.05) is 0 Å². The van der Waals surface area contributed by atoms with Crippen LogP contribution in [0.3, 0.4) is 0 Å². The summed E-state index contributed by atoms with van der Waals surface area (Å²) in [4.78, 5) is 38.2. The van der Waals surface area contributed by atoms with Crippen molar-refractivity contribution in [2.24, 2.45) is 0 Å². The van der Waals surface area contributed by atoms with Gasteiger partial charge in [0.2, 0.25) is 0 Å². The van der Waals surface area contributed by atoms with Crippen LogP contribution in [0.15, 0.2) is 66.7 Å². The first-order valence-corrected chi connectivity index (χ1v) is 8.08. The number of hydrogen-bond donors (Lipinski definition) is 0. The monoisotopic (exact) mass is 346 g/mol. The van der Waals surface area contributed by atoms with Crippen molar-refractivity contribution < 1.29 is 14.4 Å². The maximum absolute atomic E-state index is 12.8. The van der Waals surface area contributed by atoms with E-state index in [0.29, 0.717) is 16.7 Å². The maximum atomic E-state index is 12.8. The van der Waals surface area contributed by atoms with Gasteiger partial charge in [-0.25, -0.2) is 0 Å². The van der Waals surface area contributed by atoms with Gasteiger partial charge in [-0.15, -0.1) is 0 Å². The highest BCUT2D eigenvalue weighted by Crippen LogP contribution is 2.34. The quantitative estimate of drug-likeness (QED) is 0.507. The SMILES string of the molecule is O=C(c1ccccc1)c1ccc2c(c1Cl)C(=O)c1ccccc1C2=O. The lowest BCUT2D eigenvalue weighted by molar-refractivity contribution is 0.0978. The second-order valence-corrected chi connectivity index (χ2v) is 6.13. The van der Waals surface area contributed by atoms with E-state index >= 15 is 0 Å². The fourth-order valence-corrected chi connectivity index (χ4v) is 3.40. The average molecular weight is 347 g/mol. The minimum absolute atomic E-state index is 0.0270. The zero-order valence-corrected chi connectivity index (χ0v) is 13.7. The van der Waals surface area contributed by atoms with Crippen molar-refractivity contribution in [3.63, 3.8) is 0 Å². The summed E-state index contributed by atoms with van der Waals surface area (Å²) in [5.74, 6) is -0.878. The lowest BCUT2D eigenvalue weighted by Gasteiger charge is -2.19. The summed E-state index contributed by atoms with van der Waals surface area (Å²) < 4.78 is 0. The zero-order valence-electron chi connectivity index (χ0n) is 13.0. The maximum Gasteiger partial charge on any atom is 0.196 e. The second-order valence-electron chi connectivity index (χ2n) is 5.75. The summed E-state index contributed by atoms with van der Waals surface area (Å²) in [6.45, 7) is 0. The van der Waals surface area contributed by atoms with Gasteiger partial charge in [0.15, 0.2) is 17.3 Å². The lowest BCUT2D eigenvalue weighted by atomic mass is 9.82. The van der Waals surface area contributed by atoms with Gasteiger partial charge in [0, 0.05) is 27.8 Å². The minimum Gasteiger partial charge on any atom is -0.289 e. The van der Waals surface area contributed by atoms with E-state index in [0.717, 1.165) is 0 Å². The molecule has 0 atom stereocenters. The van der Waals surface area contributed by atoms with Gasteiger partial charge in [-0.2, -0.15) is 0 Å². The summed E-state index contributed by atoms with van der Waals surface area (Å²) >= 11 is 6.40. The Kier molecular flexibility index (Phi) is 3.59. The van der Waals surface area contributed by atoms with Crippen molar-refractivity contribution >= 4 is 29.0 Å². The van der Waals surface area contributed by atoms with E-state index in [4.69, 9.17) is 11.6 Å². The van der Waals surface area contributed by atoms with E-state index in [1.165, 1.54) is 12.1 Å². The largest absolute Gasteiger partial charge is 0.289 e. The number of carbonyl (C=O) groups excluding carboxylic acids is 3. The summed E-state index contributed by atoms with van der Waals surface area (Å²) in [7, 11) is 0. The third-order valence-corrected chi connectivity index (χ3v) is 4.70. The van der Waals surface area contributed by atoms with Gasteiger partial charge in [0.1, 0.15) is 0 Å². The third kappa shape index (κ3) is 2.32. The molecule has 3 nitrogen and oxygen atoms in total. The first-order valence-electron chi connectivity index (χ1n) is 7.70. The van der Waals surface area contributed by atoms with Crippen LogP contribution in [0.1, 0.15) is 47.8 Å². The molecular formula is C21H11ClO3. The number of halogens is 1. The van der Waals surface area contributed by atoms with Crippen molar-refractivity contribution in [2.45, 2.75) is 0 Å². The Balaban J connectivity index is 1.90. The predicted molar refractivity (Wildman–Crippen MR) is 94.6 cm³/mol. The predicted octanol–water partition coefficient (Wildman–Crippen LogP) is 4.35. The van der Waals surface area contributed by atoms with Crippen LogP contribution < -0.4 is 0 Å². The van der Waals surface area contributed by atoms with Gasteiger partial charge in [-0.1, -0.05) is 66.2 Å². The van der Waals surface area contributed by atoms with E-state index in [9.17, 15) is 14.4 Å². The molecule has 4 rings (SSSR count). The van der Waals surface area contributed by atoms with Crippen molar-refractivity contribution in [1.29, 1.82) is 0 Å². The van der Waals surface area contributed by atoms with Crippen LogP contribution in [0.2, 0.25) is 5.02 Å².